The zero-order valence-electron chi connectivity index (χ0n) is 7.58. The summed E-state index contributed by atoms with van der Waals surface area (Å²) in [4.78, 5) is 0. The van der Waals surface area contributed by atoms with Crippen LogP contribution in [0.4, 0.5) is 0 Å². The first-order valence-electron chi connectivity index (χ1n) is 4.13. The van der Waals surface area contributed by atoms with Gasteiger partial charge in [-0.1, -0.05) is 20.8 Å². The minimum atomic E-state index is 0. The molecule has 0 aliphatic rings. The van der Waals surface area contributed by atoms with Gasteiger partial charge in [-0.25, -0.2) is 0 Å². The molecule has 0 amide bonds. The standard InChI is InChI=1S/C11H12O2.2CH4.7H2/c1-2-3-10-4-6-11(7-5-10)13-9-8-12;;;;;;;;;/h4-7,12H,8-9H2,1H3;2*1H4;7*1H. The van der Waals surface area contributed by atoms with Gasteiger partial charge < -0.3 is 9.84 Å². The average molecular weight is 222 g/mol. The molecule has 0 aromatic heterocycles. The summed E-state index contributed by atoms with van der Waals surface area (Å²) in [7, 11) is 0. The summed E-state index contributed by atoms with van der Waals surface area (Å²) in [6.45, 7) is 2.17. The van der Waals surface area contributed by atoms with E-state index in [-0.39, 0.29) is 31.4 Å². The van der Waals surface area contributed by atoms with E-state index in [0.717, 1.165) is 11.3 Å². The second-order valence-corrected chi connectivity index (χ2v) is 2.47. The third-order valence-electron chi connectivity index (χ3n) is 1.48. The predicted octanol–water partition coefficient (Wildman–Crippen LogP) is 4.42. The Bertz CT molecular complexity index is 323. The van der Waals surface area contributed by atoms with Crippen LogP contribution >= 0.6 is 0 Å². The fraction of sp³-hybridized carbons (Fsp3) is 0.385. The minimum Gasteiger partial charge on any atom is -0.491 e. The first-order chi connectivity index (χ1) is 6.36. The lowest BCUT2D eigenvalue weighted by molar-refractivity contribution is 0.201. The second kappa shape index (κ2) is 9.11. The van der Waals surface area contributed by atoms with Crippen molar-refractivity contribution in [3.05, 3.63) is 29.8 Å². The van der Waals surface area contributed by atoms with Gasteiger partial charge in [0.2, 0.25) is 0 Å². The van der Waals surface area contributed by atoms with Crippen LogP contribution in [0.2, 0.25) is 0 Å². The van der Waals surface area contributed by atoms with Crippen LogP contribution in [0.3, 0.4) is 0 Å². The largest absolute Gasteiger partial charge is 0.491 e. The monoisotopic (exact) mass is 222 g/mol. The van der Waals surface area contributed by atoms with Gasteiger partial charge in [-0.2, -0.15) is 0 Å². The molecule has 0 unspecified atom stereocenters. The van der Waals surface area contributed by atoms with E-state index in [1.807, 2.05) is 24.3 Å². The molecule has 0 aliphatic heterocycles. The normalized spacial score (nSPS) is 7.60. The highest BCUT2D eigenvalue weighted by Crippen LogP contribution is 2.10. The molecule has 0 spiro atoms. The van der Waals surface area contributed by atoms with Crippen LogP contribution in [0.5, 0.6) is 5.75 Å². The van der Waals surface area contributed by atoms with Gasteiger partial charge in [0.25, 0.3) is 0 Å². The van der Waals surface area contributed by atoms with Crippen LogP contribution in [-0.2, 0) is 0 Å². The number of benzene rings is 1. The molecule has 1 aromatic carbocycles. The van der Waals surface area contributed by atoms with Crippen molar-refractivity contribution < 1.29 is 19.8 Å². The van der Waals surface area contributed by atoms with Gasteiger partial charge in [-0.15, -0.1) is 5.92 Å². The Hall–Kier alpha value is -1.46. The van der Waals surface area contributed by atoms with Gasteiger partial charge in [-0.3, -0.25) is 0 Å². The number of aliphatic hydroxyl groups excluding tert-OH is 1. The number of hydrogen-bond acceptors (Lipinski definition) is 2. The maximum absolute atomic E-state index is 8.52. The van der Waals surface area contributed by atoms with Crippen LogP contribution in [0.1, 0.15) is 37.3 Å². The zero-order chi connectivity index (χ0) is 9.52. The molecule has 0 heterocycles. The Morgan fingerprint density at radius 2 is 1.87 bits per heavy atom. The molecule has 2 nitrogen and oxygen atoms in total. The number of aliphatic hydroxyl groups is 1. The first-order valence-corrected chi connectivity index (χ1v) is 4.13. The molecular formula is C13H34O2. The summed E-state index contributed by atoms with van der Waals surface area (Å²) in [5.74, 6) is 6.51. The van der Waals surface area contributed by atoms with Crippen molar-refractivity contribution in [1.29, 1.82) is 0 Å². The van der Waals surface area contributed by atoms with Crippen LogP contribution in [0.15, 0.2) is 24.3 Å². The van der Waals surface area contributed by atoms with Crippen LogP contribution in [0, 0.1) is 11.8 Å². The van der Waals surface area contributed by atoms with E-state index >= 15 is 0 Å². The molecule has 0 saturated heterocycles. The summed E-state index contributed by atoms with van der Waals surface area (Å²) in [6.07, 6.45) is 0. The Balaban J connectivity index is -0.0000000268. The highest BCUT2D eigenvalue weighted by atomic mass is 16.5. The first kappa shape index (κ1) is 16.0. The van der Waals surface area contributed by atoms with E-state index in [0.29, 0.717) is 6.61 Å². The van der Waals surface area contributed by atoms with E-state index in [1.165, 1.54) is 0 Å². The van der Waals surface area contributed by atoms with E-state index in [4.69, 9.17) is 9.84 Å². The number of hydrogen-bond donors (Lipinski definition) is 1. The van der Waals surface area contributed by atoms with E-state index in [9.17, 15) is 0 Å². The Labute approximate surface area is 103 Å². The molecule has 0 saturated carbocycles. The van der Waals surface area contributed by atoms with Crippen molar-refractivity contribution in [2.45, 2.75) is 21.8 Å². The van der Waals surface area contributed by atoms with Gasteiger partial charge >= 0.3 is 0 Å². The van der Waals surface area contributed by atoms with Crippen LogP contribution in [0.25, 0.3) is 0 Å². The Morgan fingerprint density at radius 3 is 2.33 bits per heavy atom. The maximum atomic E-state index is 8.52. The molecule has 0 atom stereocenters. The van der Waals surface area contributed by atoms with Crippen molar-refractivity contribution in [3.63, 3.8) is 0 Å². The lowest BCUT2D eigenvalue weighted by Gasteiger charge is -2.02. The molecule has 0 radical (unpaired) electrons. The van der Waals surface area contributed by atoms with Gasteiger partial charge in [0.15, 0.2) is 0 Å². The zero-order valence-corrected chi connectivity index (χ0v) is 7.58. The molecule has 1 aromatic rings. The molecule has 1 N–H and O–H groups in total. The number of ether oxygens (including phenoxy) is 1. The highest BCUT2D eigenvalue weighted by Gasteiger charge is 1.91. The topological polar surface area (TPSA) is 29.5 Å². The van der Waals surface area contributed by atoms with Crippen molar-refractivity contribution in [2.75, 3.05) is 13.2 Å². The number of rotatable bonds is 3. The van der Waals surface area contributed by atoms with Gasteiger partial charge in [0, 0.05) is 15.5 Å². The third-order valence-corrected chi connectivity index (χ3v) is 1.48. The molecular weight excluding hydrogens is 188 g/mol. The SMILES string of the molecule is C.C.CC#Cc1ccc(OCCO)cc1.[HH].[HH].[HH].[HH].[HH].[HH].[HH]. The van der Waals surface area contributed by atoms with Crippen LogP contribution < -0.4 is 4.74 Å². The van der Waals surface area contributed by atoms with Crippen LogP contribution in [-0.4, -0.2) is 18.3 Å². The lowest BCUT2D eigenvalue weighted by Crippen LogP contribution is -2.01. The summed E-state index contributed by atoms with van der Waals surface area (Å²) in [6, 6.07) is 7.47. The molecule has 2 heteroatoms. The summed E-state index contributed by atoms with van der Waals surface area (Å²) in [5.41, 5.74) is 0.971. The quantitative estimate of drug-likeness (QED) is 0.767. The Morgan fingerprint density at radius 1 is 1.27 bits per heavy atom. The highest BCUT2D eigenvalue weighted by molar-refractivity contribution is 5.37. The smallest absolute Gasteiger partial charge is 0.119 e. The molecule has 15 heavy (non-hydrogen) atoms. The Kier molecular flexibility index (Phi) is 9.71. The van der Waals surface area contributed by atoms with Gasteiger partial charge in [-0.05, 0) is 31.2 Å². The van der Waals surface area contributed by atoms with E-state index in [2.05, 4.69) is 11.8 Å². The fourth-order valence-electron chi connectivity index (χ4n) is 0.942. The molecule has 0 fully saturated rings. The minimum absolute atomic E-state index is 0. The predicted molar refractivity (Wildman–Crippen MR) is 79.8 cm³/mol. The van der Waals surface area contributed by atoms with E-state index in [1.54, 1.807) is 6.92 Å². The summed E-state index contributed by atoms with van der Waals surface area (Å²) >= 11 is 0. The molecule has 0 bridgehead atoms. The summed E-state index contributed by atoms with van der Waals surface area (Å²) < 4.78 is 5.19. The lowest BCUT2D eigenvalue weighted by atomic mass is 10.2. The van der Waals surface area contributed by atoms with E-state index < -0.39 is 0 Å². The average Bonchev–Trinajstić information content (AvgIpc) is 2.17. The molecule has 0 aliphatic carbocycles. The molecule has 98 valence electrons. The summed E-state index contributed by atoms with van der Waals surface area (Å²) in [5, 5.41) is 8.52. The van der Waals surface area contributed by atoms with Crippen molar-refractivity contribution >= 4 is 0 Å². The van der Waals surface area contributed by atoms with Crippen molar-refractivity contribution in [1.82, 2.24) is 0 Å². The second-order valence-electron chi connectivity index (χ2n) is 2.47. The fourth-order valence-corrected chi connectivity index (χ4v) is 0.942. The van der Waals surface area contributed by atoms with Gasteiger partial charge in [0.1, 0.15) is 12.4 Å². The van der Waals surface area contributed by atoms with Crippen molar-refractivity contribution in [3.8, 4) is 17.6 Å². The third kappa shape index (κ3) is 5.77. The van der Waals surface area contributed by atoms with Gasteiger partial charge in [0.05, 0.1) is 6.61 Å². The maximum Gasteiger partial charge on any atom is 0.119 e. The van der Waals surface area contributed by atoms with Crippen molar-refractivity contribution in [2.24, 2.45) is 0 Å². The molecule has 1 rings (SSSR count).